The Balaban J connectivity index is 1.94. The van der Waals surface area contributed by atoms with E-state index >= 15 is 0 Å². The van der Waals surface area contributed by atoms with Crippen molar-refractivity contribution >= 4 is 5.96 Å². The Kier molecular flexibility index (Phi) is 7.53. The predicted molar refractivity (Wildman–Crippen MR) is 99.1 cm³/mol. The summed E-state index contributed by atoms with van der Waals surface area (Å²) in [4.78, 5) is 7.30. The largest absolute Gasteiger partial charge is 0.354 e. The van der Waals surface area contributed by atoms with Crippen LogP contribution in [0.2, 0.25) is 0 Å². The third-order valence-corrected chi connectivity index (χ3v) is 4.59. The molecule has 0 aromatic carbocycles. The number of nitrogens with one attached hydrogen (secondary N) is 1. The zero-order valence-corrected chi connectivity index (χ0v) is 15.8. The number of piperidine rings is 1. The van der Waals surface area contributed by atoms with E-state index in [0.717, 1.165) is 69.2 Å². The third kappa shape index (κ3) is 5.49. The lowest BCUT2D eigenvalue weighted by Crippen LogP contribution is -2.49. The highest BCUT2D eigenvalue weighted by atomic mass is 15.3. The summed E-state index contributed by atoms with van der Waals surface area (Å²) < 4.78 is 2.12. The number of hydrogen-bond donors (Lipinski definition) is 1. The molecule has 2 atom stereocenters. The Labute approximate surface area is 146 Å². The lowest BCUT2D eigenvalue weighted by molar-refractivity contribution is 0.208. The van der Waals surface area contributed by atoms with Crippen molar-refractivity contribution in [1.82, 2.24) is 25.0 Å². The molecule has 0 spiro atoms. The molecular weight excluding hydrogens is 300 g/mol. The molecule has 2 unspecified atom stereocenters. The summed E-state index contributed by atoms with van der Waals surface area (Å²) in [6.07, 6.45) is 6.39. The highest BCUT2D eigenvalue weighted by Gasteiger charge is 2.24. The van der Waals surface area contributed by atoms with Gasteiger partial charge in [0.15, 0.2) is 5.96 Å². The number of rotatable bonds is 7. The summed E-state index contributed by atoms with van der Waals surface area (Å²) in [5.41, 5.74) is 0. The van der Waals surface area contributed by atoms with Crippen molar-refractivity contribution < 1.29 is 0 Å². The van der Waals surface area contributed by atoms with Crippen molar-refractivity contribution in [3.63, 3.8) is 0 Å². The van der Waals surface area contributed by atoms with Gasteiger partial charge in [-0.05, 0) is 24.7 Å². The topological polar surface area (TPSA) is 58.3 Å². The van der Waals surface area contributed by atoms with E-state index < -0.39 is 0 Å². The molecule has 1 aliphatic rings. The molecule has 1 fully saturated rings. The molecule has 6 heteroatoms. The lowest BCUT2D eigenvalue weighted by atomic mass is 9.92. The van der Waals surface area contributed by atoms with Gasteiger partial charge in [-0.25, -0.2) is 0 Å². The first kappa shape index (κ1) is 18.7. The summed E-state index contributed by atoms with van der Waals surface area (Å²) in [7, 11) is 0. The first-order chi connectivity index (χ1) is 11.6. The van der Waals surface area contributed by atoms with Gasteiger partial charge >= 0.3 is 0 Å². The summed E-state index contributed by atoms with van der Waals surface area (Å²) in [5, 5.41) is 11.7. The van der Waals surface area contributed by atoms with Crippen molar-refractivity contribution in [2.75, 3.05) is 26.2 Å². The fraction of sp³-hybridized carbons (Fsp3) is 0.833. The number of guanidine groups is 1. The molecule has 1 saturated heterocycles. The number of nitrogens with zero attached hydrogens (tertiary/aromatic N) is 5. The molecule has 0 radical (unpaired) electrons. The zero-order valence-electron chi connectivity index (χ0n) is 15.8. The van der Waals surface area contributed by atoms with E-state index in [-0.39, 0.29) is 0 Å². The van der Waals surface area contributed by atoms with Crippen LogP contribution in [-0.4, -0.2) is 51.8 Å². The SMILES string of the molecule is CCCCN=C(NCCn1cnnc1CC)N1CC(C)CC(C)C1. The van der Waals surface area contributed by atoms with Gasteiger partial charge in [-0.2, -0.15) is 0 Å². The average Bonchev–Trinajstić information content (AvgIpc) is 3.00. The Morgan fingerprint density at radius 1 is 1.29 bits per heavy atom. The van der Waals surface area contributed by atoms with Crippen molar-refractivity contribution in [2.24, 2.45) is 16.8 Å². The van der Waals surface area contributed by atoms with Crippen LogP contribution in [0.5, 0.6) is 0 Å². The lowest BCUT2D eigenvalue weighted by Gasteiger charge is -2.37. The molecule has 0 bridgehead atoms. The van der Waals surface area contributed by atoms with Crippen LogP contribution in [0.3, 0.4) is 0 Å². The Morgan fingerprint density at radius 3 is 2.71 bits per heavy atom. The third-order valence-electron chi connectivity index (χ3n) is 4.59. The second-order valence-electron chi connectivity index (χ2n) is 7.13. The van der Waals surface area contributed by atoms with E-state index in [4.69, 9.17) is 4.99 Å². The van der Waals surface area contributed by atoms with Crippen molar-refractivity contribution in [3.05, 3.63) is 12.2 Å². The highest BCUT2D eigenvalue weighted by molar-refractivity contribution is 5.80. The molecule has 1 aromatic rings. The van der Waals surface area contributed by atoms with Gasteiger partial charge in [0, 0.05) is 39.1 Å². The maximum Gasteiger partial charge on any atom is 0.194 e. The van der Waals surface area contributed by atoms with E-state index in [1.165, 1.54) is 12.8 Å². The minimum Gasteiger partial charge on any atom is -0.354 e. The molecular formula is C18H34N6. The van der Waals surface area contributed by atoms with Crippen molar-refractivity contribution in [3.8, 4) is 0 Å². The average molecular weight is 335 g/mol. The normalized spacial score (nSPS) is 22.0. The summed E-state index contributed by atoms with van der Waals surface area (Å²) >= 11 is 0. The van der Waals surface area contributed by atoms with E-state index in [1.54, 1.807) is 0 Å². The summed E-state index contributed by atoms with van der Waals surface area (Å²) in [5.74, 6) is 3.59. The number of likely N-dealkylation sites (tertiary alicyclic amines) is 1. The van der Waals surface area contributed by atoms with E-state index in [1.807, 2.05) is 6.33 Å². The van der Waals surface area contributed by atoms with E-state index in [9.17, 15) is 0 Å². The number of aromatic nitrogens is 3. The molecule has 136 valence electrons. The van der Waals surface area contributed by atoms with Gasteiger partial charge in [0.05, 0.1) is 0 Å². The van der Waals surface area contributed by atoms with Gasteiger partial charge in [0.1, 0.15) is 12.2 Å². The first-order valence-electron chi connectivity index (χ1n) is 9.53. The molecule has 1 N–H and O–H groups in total. The standard InChI is InChI=1S/C18H34N6/c1-5-7-8-19-18(24-12-15(3)11-16(4)13-24)20-9-10-23-14-21-22-17(23)6-2/h14-16H,5-13H2,1-4H3,(H,19,20). The van der Waals surface area contributed by atoms with Gasteiger partial charge in [-0.15, -0.1) is 10.2 Å². The number of hydrogen-bond acceptors (Lipinski definition) is 3. The van der Waals surface area contributed by atoms with Gasteiger partial charge in [0.2, 0.25) is 0 Å². The van der Waals surface area contributed by atoms with Crippen LogP contribution in [0, 0.1) is 11.8 Å². The van der Waals surface area contributed by atoms with E-state index in [0.29, 0.717) is 0 Å². The van der Waals surface area contributed by atoms with Crippen LogP contribution >= 0.6 is 0 Å². The molecule has 2 heterocycles. The smallest absolute Gasteiger partial charge is 0.194 e. The molecule has 6 nitrogen and oxygen atoms in total. The fourth-order valence-corrected chi connectivity index (χ4v) is 3.47. The van der Waals surface area contributed by atoms with Crippen molar-refractivity contribution in [2.45, 2.75) is 59.9 Å². The van der Waals surface area contributed by atoms with Gasteiger partial charge < -0.3 is 14.8 Å². The van der Waals surface area contributed by atoms with Crippen LogP contribution < -0.4 is 5.32 Å². The Bertz CT molecular complexity index is 499. The second kappa shape index (κ2) is 9.64. The monoisotopic (exact) mass is 334 g/mol. The predicted octanol–water partition coefficient (Wildman–Crippen LogP) is 2.56. The molecule has 0 aliphatic carbocycles. The molecule has 24 heavy (non-hydrogen) atoms. The minimum absolute atomic E-state index is 0.733. The summed E-state index contributed by atoms with van der Waals surface area (Å²) in [6.45, 7) is 13.9. The summed E-state index contributed by atoms with van der Waals surface area (Å²) in [6, 6.07) is 0. The number of aryl methyl sites for hydroxylation is 1. The molecule has 0 saturated carbocycles. The van der Waals surface area contributed by atoms with Crippen LogP contribution in [0.25, 0.3) is 0 Å². The van der Waals surface area contributed by atoms with Gasteiger partial charge in [0.25, 0.3) is 0 Å². The van der Waals surface area contributed by atoms with Gasteiger partial charge in [-0.1, -0.05) is 34.1 Å². The maximum atomic E-state index is 4.86. The molecule has 2 rings (SSSR count). The van der Waals surface area contributed by atoms with Crippen molar-refractivity contribution in [1.29, 1.82) is 0 Å². The van der Waals surface area contributed by atoms with Crippen LogP contribution in [-0.2, 0) is 13.0 Å². The Morgan fingerprint density at radius 2 is 2.04 bits per heavy atom. The number of aliphatic imine (C=N–C) groups is 1. The Hall–Kier alpha value is -1.59. The molecule has 0 amide bonds. The minimum atomic E-state index is 0.733. The maximum absolute atomic E-state index is 4.86. The number of unbranched alkanes of at least 4 members (excludes halogenated alkanes) is 1. The van der Waals surface area contributed by atoms with Crippen LogP contribution in [0.15, 0.2) is 11.3 Å². The quantitative estimate of drug-likeness (QED) is 0.473. The molecule has 1 aromatic heterocycles. The second-order valence-corrected chi connectivity index (χ2v) is 7.13. The van der Waals surface area contributed by atoms with Crippen LogP contribution in [0.1, 0.15) is 52.8 Å². The molecule has 1 aliphatic heterocycles. The fourth-order valence-electron chi connectivity index (χ4n) is 3.47. The highest BCUT2D eigenvalue weighted by Crippen LogP contribution is 2.20. The first-order valence-corrected chi connectivity index (χ1v) is 9.53. The van der Waals surface area contributed by atoms with Crippen LogP contribution in [0.4, 0.5) is 0 Å². The zero-order chi connectivity index (χ0) is 17.4. The van der Waals surface area contributed by atoms with E-state index in [2.05, 4.69) is 52.7 Å². The van der Waals surface area contributed by atoms with Gasteiger partial charge in [-0.3, -0.25) is 4.99 Å².